The monoisotopic (exact) mass is 367 g/mol. The van der Waals surface area contributed by atoms with Crippen LogP contribution in [0.5, 0.6) is 0 Å². The second kappa shape index (κ2) is 7.52. The fourth-order valence-corrected chi connectivity index (χ4v) is 3.48. The summed E-state index contributed by atoms with van der Waals surface area (Å²) >= 11 is 7.72. The number of aromatic nitrogens is 3. The van der Waals surface area contributed by atoms with E-state index >= 15 is 0 Å². The Hall–Kier alpha value is -1.61. The Kier molecular flexibility index (Phi) is 5.40. The van der Waals surface area contributed by atoms with E-state index in [9.17, 15) is 4.79 Å². The highest BCUT2D eigenvalue weighted by Gasteiger charge is 2.29. The van der Waals surface area contributed by atoms with E-state index in [1.807, 2.05) is 17.7 Å². The molecule has 0 spiro atoms. The Balaban J connectivity index is 1.64. The molecule has 9 heteroatoms. The van der Waals surface area contributed by atoms with Gasteiger partial charge in [-0.2, -0.15) is 0 Å². The molecule has 1 amide bonds. The third kappa shape index (κ3) is 3.89. The zero-order valence-corrected chi connectivity index (χ0v) is 14.7. The Morgan fingerprint density at radius 3 is 3.00 bits per heavy atom. The van der Waals surface area contributed by atoms with Crippen molar-refractivity contribution in [2.24, 2.45) is 12.8 Å². The fourth-order valence-electron chi connectivity index (χ4n) is 2.42. The number of nitrogens with one attached hydrogen (secondary N) is 1. The number of hydrogen-bond donors (Lipinski definition) is 2. The number of carbonyl (C=O) groups excluding carboxylic acids is 1. The minimum Gasteiger partial charge on any atom is -0.364 e. The van der Waals surface area contributed by atoms with Crippen molar-refractivity contribution in [1.82, 2.24) is 14.8 Å². The van der Waals surface area contributed by atoms with E-state index in [1.54, 1.807) is 18.5 Å². The largest absolute Gasteiger partial charge is 0.364 e. The molecule has 128 valence electrons. The Labute approximate surface area is 148 Å². The fraction of sp³-hybridized carbons (Fsp3) is 0.400. The summed E-state index contributed by atoms with van der Waals surface area (Å²) in [7, 11) is 1.86. The van der Waals surface area contributed by atoms with Gasteiger partial charge < -0.3 is 20.4 Å². The van der Waals surface area contributed by atoms with Gasteiger partial charge in [0.05, 0.1) is 11.1 Å². The van der Waals surface area contributed by atoms with Gasteiger partial charge in [-0.15, -0.1) is 10.2 Å². The first-order chi connectivity index (χ1) is 11.6. The SMILES string of the molecule is Cn1cnnc1Sc1ccc(NC(=O)[C@@H]2CC[C@H](CN)O2)cc1Cl. The quantitative estimate of drug-likeness (QED) is 0.839. The molecule has 7 nitrogen and oxygen atoms in total. The molecule has 0 saturated carbocycles. The van der Waals surface area contributed by atoms with Gasteiger partial charge in [0.2, 0.25) is 0 Å². The highest BCUT2D eigenvalue weighted by Crippen LogP contribution is 2.33. The molecule has 0 bridgehead atoms. The predicted molar refractivity (Wildman–Crippen MR) is 92.2 cm³/mol. The molecule has 24 heavy (non-hydrogen) atoms. The normalized spacial score (nSPS) is 20.3. The summed E-state index contributed by atoms with van der Waals surface area (Å²) in [6, 6.07) is 5.36. The van der Waals surface area contributed by atoms with Crippen LogP contribution in [0.25, 0.3) is 0 Å². The summed E-state index contributed by atoms with van der Waals surface area (Å²) < 4.78 is 7.40. The average Bonchev–Trinajstić information content (AvgIpc) is 3.19. The first kappa shape index (κ1) is 17.2. The van der Waals surface area contributed by atoms with Gasteiger partial charge >= 0.3 is 0 Å². The lowest BCUT2D eigenvalue weighted by Gasteiger charge is -2.13. The molecular formula is C15H18ClN5O2S. The van der Waals surface area contributed by atoms with E-state index in [2.05, 4.69) is 15.5 Å². The summed E-state index contributed by atoms with van der Waals surface area (Å²) in [4.78, 5) is 13.1. The third-order valence-electron chi connectivity index (χ3n) is 3.73. The van der Waals surface area contributed by atoms with Gasteiger partial charge in [0.25, 0.3) is 5.91 Å². The van der Waals surface area contributed by atoms with Crippen LogP contribution in [0.15, 0.2) is 34.6 Å². The van der Waals surface area contributed by atoms with Crippen LogP contribution in [0.2, 0.25) is 5.02 Å². The van der Waals surface area contributed by atoms with Crippen molar-refractivity contribution >= 4 is 35.0 Å². The number of aryl methyl sites for hydroxylation is 1. The van der Waals surface area contributed by atoms with Crippen molar-refractivity contribution in [3.05, 3.63) is 29.5 Å². The van der Waals surface area contributed by atoms with Gasteiger partial charge in [-0.05, 0) is 42.8 Å². The summed E-state index contributed by atoms with van der Waals surface area (Å²) in [5, 5.41) is 11.9. The number of amides is 1. The number of nitrogens with zero attached hydrogens (tertiary/aromatic N) is 3. The number of carbonyl (C=O) groups is 1. The zero-order chi connectivity index (χ0) is 17.1. The summed E-state index contributed by atoms with van der Waals surface area (Å²) in [5.74, 6) is -0.171. The van der Waals surface area contributed by atoms with Crippen LogP contribution in [0.4, 0.5) is 5.69 Å². The highest BCUT2D eigenvalue weighted by atomic mass is 35.5. The highest BCUT2D eigenvalue weighted by molar-refractivity contribution is 7.99. The number of benzene rings is 1. The van der Waals surface area contributed by atoms with E-state index in [1.165, 1.54) is 11.8 Å². The topological polar surface area (TPSA) is 95.1 Å². The average molecular weight is 368 g/mol. The Bertz CT molecular complexity index is 738. The molecule has 1 fully saturated rings. The summed E-state index contributed by atoms with van der Waals surface area (Å²) in [6.07, 6.45) is 2.63. The molecule has 1 aromatic heterocycles. The van der Waals surface area contributed by atoms with Crippen molar-refractivity contribution in [1.29, 1.82) is 0 Å². The second-order valence-electron chi connectivity index (χ2n) is 5.52. The maximum atomic E-state index is 12.2. The van der Waals surface area contributed by atoms with Crippen molar-refractivity contribution in [3.63, 3.8) is 0 Å². The third-order valence-corrected chi connectivity index (χ3v) is 5.29. The molecule has 0 unspecified atom stereocenters. The first-order valence-corrected chi connectivity index (χ1v) is 8.74. The molecule has 1 saturated heterocycles. The number of hydrogen-bond acceptors (Lipinski definition) is 6. The summed E-state index contributed by atoms with van der Waals surface area (Å²) in [5.41, 5.74) is 6.20. The Morgan fingerprint density at radius 1 is 1.54 bits per heavy atom. The lowest BCUT2D eigenvalue weighted by atomic mass is 10.2. The van der Waals surface area contributed by atoms with E-state index in [0.29, 0.717) is 23.7 Å². The van der Waals surface area contributed by atoms with Gasteiger partial charge in [-0.1, -0.05) is 11.6 Å². The van der Waals surface area contributed by atoms with Crippen molar-refractivity contribution in [2.75, 3.05) is 11.9 Å². The number of ether oxygens (including phenoxy) is 1. The molecule has 1 aromatic carbocycles. The van der Waals surface area contributed by atoms with E-state index in [-0.39, 0.29) is 12.0 Å². The standard InChI is InChI=1S/C15H18ClN5O2S/c1-21-8-18-20-15(21)24-13-5-2-9(6-11(13)16)19-14(22)12-4-3-10(7-17)23-12/h2,5-6,8,10,12H,3-4,7,17H2,1H3,(H,19,22)/t10-,12+/m1/s1. The van der Waals surface area contributed by atoms with Gasteiger partial charge in [-0.25, -0.2) is 0 Å². The van der Waals surface area contributed by atoms with Crippen molar-refractivity contribution in [2.45, 2.75) is 35.1 Å². The lowest BCUT2D eigenvalue weighted by Crippen LogP contribution is -2.29. The van der Waals surface area contributed by atoms with Crippen LogP contribution >= 0.6 is 23.4 Å². The molecule has 2 atom stereocenters. The van der Waals surface area contributed by atoms with Crippen LogP contribution in [-0.4, -0.2) is 39.4 Å². The van der Waals surface area contributed by atoms with Crippen LogP contribution in [0.3, 0.4) is 0 Å². The molecule has 3 N–H and O–H groups in total. The number of nitrogens with two attached hydrogens (primary N) is 1. The summed E-state index contributed by atoms with van der Waals surface area (Å²) in [6.45, 7) is 0.434. The molecule has 1 aliphatic heterocycles. The molecule has 2 aromatic rings. The van der Waals surface area contributed by atoms with Crippen molar-refractivity contribution in [3.8, 4) is 0 Å². The molecule has 0 radical (unpaired) electrons. The molecule has 1 aliphatic rings. The van der Waals surface area contributed by atoms with Crippen LogP contribution < -0.4 is 11.1 Å². The van der Waals surface area contributed by atoms with Gasteiger partial charge in [-0.3, -0.25) is 4.79 Å². The lowest BCUT2D eigenvalue weighted by molar-refractivity contribution is -0.126. The van der Waals surface area contributed by atoms with Crippen molar-refractivity contribution < 1.29 is 9.53 Å². The molecule has 2 heterocycles. The maximum absolute atomic E-state index is 12.2. The van der Waals surface area contributed by atoms with Gasteiger partial charge in [0.15, 0.2) is 5.16 Å². The van der Waals surface area contributed by atoms with E-state index in [4.69, 9.17) is 22.1 Å². The number of anilines is 1. The minimum absolute atomic E-state index is 0.0329. The van der Waals surface area contributed by atoms with Crippen LogP contribution in [-0.2, 0) is 16.6 Å². The molecule has 0 aliphatic carbocycles. The van der Waals surface area contributed by atoms with Crippen LogP contribution in [0.1, 0.15) is 12.8 Å². The number of halogens is 1. The minimum atomic E-state index is -0.454. The molecule has 3 rings (SSSR count). The second-order valence-corrected chi connectivity index (χ2v) is 6.94. The van der Waals surface area contributed by atoms with Gasteiger partial charge in [0, 0.05) is 24.2 Å². The predicted octanol–water partition coefficient (Wildman–Crippen LogP) is 2.06. The molecular weight excluding hydrogens is 350 g/mol. The van der Waals surface area contributed by atoms with E-state index < -0.39 is 6.10 Å². The zero-order valence-electron chi connectivity index (χ0n) is 13.1. The number of rotatable bonds is 5. The maximum Gasteiger partial charge on any atom is 0.253 e. The first-order valence-electron chi connectivity index (χ1n) is 7.54. The smallest absolute Gasteiger partial charge is 0.253 e. The van der Waals surface area contributed by atoms with E-state index in [0.717, 1.165) is 16.5 Å². The van der Waals surface area contributed by atoms with Crippen LogP contribution in [0, 0.1) is 0 Å². The Morgan fingerprint density at radius 2 is 2.38 bits per heavy atom. The van der Waals surface area contributed by atoms with Gasteiger partial charge in [0.1, 0.15) is 12.4 Å².